The van der Waals surface area contributed by atoms with Crippen molar-refractivity contribution in [2.75, 3.05) is 0 Å². The van der Waals surface area contributed by atoms with Crippen molar-refractivity contribution in [2.45, 2.75) is 42.7 Å². The first-order valence-electron chi connectivity index (χ1n) is 5.29. The molecular weight excluding hydrogens is 230 g/mol. The lowest BCUT2D eigenvalue weighted by Crippen LogP contribution is -2.44. The molecule has 0 saturated heterocycles. The van der Waals surface area contributed by atoms with Crippen LogP contribution in [0.1, 0.15) is 25.7 Å². The Kier molecular flexibility index (Phi) is 3.27. The van der Waals surface area contributed by atoms with E-state index in [-0.39, 0.29) is 10.9 Å². The molecule has 1 saturated carbocycles. The molecule has 0 bridgehead atoms. The van der Waals surface area contributed by atoms with Crippen LogP contribution in [0.25, 0.3) is 0 Å². The van der Waals surface area contributed by atoms with Gasteiger partial charge in [0.15, 0.2) is 0 Å². The van der Waals surface area contributed by atoms with Gasteiger partial charge in [-0.1, -0.05) is 12.8 Å². The molecule has 1 aromatic heterocycles. The number of aromatic nitrogens is 2. The Bertz CT molecular complexity index is 429. The highest BCUT2D eigenvalue weighted by Gasteiger charge is 2.28. The second kappa shape index (κ2) is 4.52. The summed E-state index contributed by atoms with van der Waals surface area (Å²) in [5.74, 6) is 0. The number of aliphatic hydroxyl groups is 1. The van der Waals surface area contributed by atoms with Gasteiger partial charge in [0.2, 0.25) is 10.0 Å². The number of hydrogen-bond acceptors (Lipinski definition) is 4. The Morgan fingerprint density at radius 3 is 2.81 bits per heavy atom. The molecule has 0 unspecified atom stereocenters. The number of aromatic amines is 1. The van der Waals surface area contributed by atoms with Crippen molar-refractivity contribution < 1.29 is 13.5 Å². The van der Waals surface area contributed by atoms with Gasteiger partial charge < -0.3 is 5.11 Å². The molecule has 3 N–H and O–H groups in total. The predicted octanol–water partition coefficient (Wildman–Crippen LogP) is -0.00850. The lowest BCUT2D eigenvalue weighted by atomic mass is 9.93. The molecule has 0 aromatic carbocycles. The van der Waals surface area contributed by atoms with E-state index in [1.807, 2.05) is 0 Å². The van der Waals surface area contributed by atoms with E-state index < -0.39 is 16.1 Å². The standard InChI is InChI=1S/C9H15N3O3S/c13-9-4-2-1-3-8(9)12-16(14,15)7-5-10-11-6-7/h5-6,8-9,12-13H,1-4H2,(H,10,11)/t8-,9-/m1/s1. The molecule has 7 heteroatoms. The minimum absolute atomic E-state index is 0.102. The maximum Gasteiger partial charge on any atom is 0.244 e. The van der Waals surface area contributed by atoms with Gasteiger partial charge >= 0.3 is 0 Å². The largest absolute Gasteiger partial charge is 0.391 e. The van der Waals surface area contributed by atoms with Crippen molar-refractivity contribution in [3.8, 4) is 0 Å². The molecule has 1 aliphatic rings. The van der Waals surface area contributed by atoms with Gasteiger partial charge in [-0.05, 0) is 12.8 Å². The van der Waals surface area contributed by atoms with Crippen LogP contribution in [0.15, 0.2) is 17.3 Å². The highest BCUT2D eigenvalue weighted by Crippen LogP contribution is 2.20. The third-order valence-electron chi connectivity index (χ3n) is 2.82. The molecule has 90 valence electrons. The summed E-state index contributed by atoms with van der Waals surface area (Å²) in [6.45, 7) is 0. The maximum atomic E-state index is 11.8. The van der Waals surface area contributed by atoms with Gasteiger partial charge in [-0.2, -0.15) is 5.10 Å². The Morgan fingerprint density at radius 2 is 2.19 bits per heavy atom. The molecule has 1 aliphatic carbocycles. The lowest BCUT2D eigenvalue weighted by Gasteiger charge is -2.27. The number of rotatable bonds is 3. The van der Waals surface area contributed by atoms with Gasteiger partial charge in [0.1, 0.15) is 4.90 Å². The fourth-order valence-corrected chi connectivity index (χ4v) is 3.11. The Morgan fingerprint density at radius 1 is 1.44 bits per heavy atom. The minimum Gasteiger partial charge on any atom is -0.391 e. The van der Waals surface area contributed by atoms with Crippen molar-refractivity contribution in [3.05, 3.63) is 12.4 Å². The third-order valence-corrected chi connectivity index (χ3v) is 4.28. The van der Waals surface area contributed by atoms with Gasteiger partial charge in [-0.3, -0.25) is 5.10 Å². The first-order chi connectivity index (χ1) is 7.59. The van der Waals surface area contributed by atoms with Crippen LogP contribution in [0, 0.1) is 0 Å². The highest BCUT2D eigenvalue weighted by molar-refractivity contribution is 7.89. The van der Waals surface area contributed by atoms with Crippen LogP contribution in [0.4, 0.5) is 0 Å². The fourth-order valence-electron chi connectivity index (χ4n) is 1.90. The number of H-pyrrole nitrogens is 1. The zero-order valence-corrected chi connectivity index (χ0v) is 9.57. The second-order valence-corrected chi connectivity index (χ2v) is 5.73. The average molecular weight is 245 g/mol. The van der Waals surface area contributed by atoms with Crippen LogP contribution in [0.2, 0.25) is 0 Å². The normalized spacial score (nSPS) is 26.8. The van der Waals surface area contributed by atoms with Gasteiger partial charge in [0.05, 0.1) is 12.3 Å². The predicted molar refractivity (Wildman–Crippen MR) is 57.2 cm³/mol. The van der Waals surface area contributed by atoms with E-state index >= 15 is 0 Å². The molecule has 1 heterocycles. The van der Waals surface area contributed by atoms with E-state index in [1.54, 1.807) is 0 Å². The molecule has 16 heavy (non-hydrogen) atoms. The molecule has 0 amide bonds. The average Bonchev–Trinajstić information content (AvgIpc) is 2.75. The van der Waals surface area contributed by atoms with Gasteiger partial charge in [-0.15, -0.1) is 0 Å². The van der Waals surface area contributed by atoms with Crippen LogP contribution in [-0.4, -0.2) is 35.9 Å². The van der Waals surface area contributed by atoms with Crippen LogP contribution < -0.4 is 4.72 Å². The first-order valence-corrected chi connectivity index (χ1v) is 6.77. The molecule has 0 aliphatic heterocycles. The van der Waals surface area contributed by atoms with E-state index in [0.717, 1.165) is 12.8 Å². The zero-order chi connectivity index (χ0) is 11.6. The van der Waals surface area contributed by atoms with Crippen LogP contribution in [0.5, 0.6) is 0 Å². The van der Waals surface area contributed by atoms with Gasteiger partial charge in [-0.25, -0.2) is 13.1 Å². The van der Waals surface area contributed by atoms with Crippen LogP contribution in [0.3, 0.4) is 0 Å². The number of nitrogens with one attached hydrogen (secondary N) is 2. The summed E-state index contributed by atoms with van der Waals surface area (Å²) >= 11 is 0. The van der Waals surface area contributed by atoms with Crippen molar-refractivity contribution >= 4 is 10.0 Å². The van der Waals surface area contributed by atoms with E-state index in [2.05, 4.69) is 14.9 Å². The number of sulfonamides is 1. The SMILES string of the molecule is O=S(=O)(N[C@@H]1CCCC[C@H]1O)c1cn[nH]c1. The summed E-state index contributed by atoms with van der Waals surface area (Å²) < 4.78 is 26.2. The Balaban J connectivity index is 2.09. The zero-order valence-electron chi connectivity index (χ0n) is 8.76. The van der Waals surface area contributed by atoms with Crippen LogP contribution >= 0.6 is 0 Å². The van der Waals surface area contributed by atoms with Crippen molar-refractivity contribution in [1.82, 2.24) is 14.9 Å². The van der Waals surface area contributed by atoms with E-state index in [4.69, 9.17) is 0 Å². The molecular formula is C9H15N3O3S. The van der Waals surface area contributed by atoms with Crippen LogP contribution in [-0.2, 0) is 10.0 Å². The maximum absolute atomic E-state index is 11.8. The van der Waals surface area contributed by atoms with Gasteiger partial charge in [0, 0.05) is 12.2 Å². The molecule has 6 nitrogen and oxygen atoms in total. The highest BCUT2D eigenvalue weighted by atomic mass is 32.2. The summed E-state index contributed by atoms with van der Waals surface area (Å²) in [6, 6.07) is -0.381. The van der Waals surface area contributed by atoms with Crippen molar-refractivity contribution in [2.24, 2.45) is 0 Å². The molecule has 1 fully saturated rings. The topological polar surface area (TPSA) is 95.1 Å². The summed E-state index contributed by atoms with van der Waals surface area (Å²) in [5.41, 5.74) is 0. The monoisotopic (exact) mass is 245 g/mol. The van der Waals surface area contributed by atoms with E-state index in [0.29, 0.717) is 12.8 Å². The second-order valence-electron chi connectivity index (χ2n) is 4.01. The Labute approximate surface area is 94.1 Å². The summed E-state index contributed by atoms with van der Waals surface area (Å²) in [7, 11) is -3.55. The number of nitrogens with zero attached hydrogens (tertiary/aromatic N) is 1. The first kappa shape index (κ1) is 11.6. The summed E-state index contributed by atoms with van der Waals surface area (Å²) in [5, 5.41) is 15.7. The van der Waals surface area contributed by atoms with E-state index in [9.17, 15) is 13.5 Å². The smallest absolute Gasteiger partial charge is 0.244 e. The van der Waals surface area contributed by atoms with Gasteiger partial charge in [0.25, 0.3) is 0 Å². The lowest BCUT2D eigenvalue weighted by molar-refractivity contribution is 0.101. The summed E-state index contributed by atoms with van der Waals surface area (Å²) in [6.07, 6.45) is 5.20. The molecule has 2 rings (SSSR count). The number of hydrogen-bond donors (Lipinski definition) is 3. The molecule has 0 spiro atoms. The molecule has 2 atom stereocenters. The van der Waals surface area contributed by atoms with Crippen molar-refractivity contribution in [1.29, 1.82) is 0 Å². The van der Waals surface area contributed by atoms with Crippen molar-refractivity contribution in [3.63, 3.8) is 0 Å². The fraction of sp³-hybridized carbons (Fsp3) is 0.667. The summed E-state index contributed by atoms with van der Waals surface area (Å²) in [4.78, 5) is 0.102. The molecule has 0 radical (unpaired) electrons. The van der Waals surface area contributed by atoms with E-state index in [1.165, 1.54) is 12.4 Å². The third kappa shape index (κ3) is 2.42. The Hall–Kier alpha value is -0.920. The quantitative estimate of drug-likeness (QED) is 0.698. The molecule has 1 aromatic rings. The minimum atomic E-state index is -3.55. The number of aliphatic hydroxyl groups excluding tert-OH is 1.